The quantitative estimate of drug-likeness (QED) is 0.467. The molecule has 0 aliphatic rings. The Balaban J connectivity index is 4.09. The van der Waals surface area contributed by atoms with Gasteiger partial charge in [-0.1, -0.05) is 53.4 Å². The van der Waals surface area contributed by atoms with Gasteiger partial charge in [0.15, 0.2) is 0 Å². The fraction of sp³-hybridized carbons (Fsp3) is 0.875. The summed E-state index contributed by atoms with van der Waals surface area (Å²) >= 11 is 0. The number of alkyl carbamates (subject to hydrolysis) is 1. The summed E-state index contributed by atoms with van der Waals surface area (Å²) in [6.07, 6.45) is 5.45. The highest BCUT2D eigenvalue weighted by molar-refractivity contribution is 5.81. The molecule has 0 bridgehead atoms. The van der Waals surface area contributed by atoms with Crippen molar-refractivity contribution in [3.8, 4) is 0 Å². The Labute approximate surface area is 128 Å². The zero-order valence-electron chi connectivity index (χ0n) is 13.9. The SMILES string of the molecule is CCCCCCOC(=O)C(NC(=O)OCCCC)C(C)C. The van der Waals surface area contributed by atoms with Crippen LogP contribution in [-0.2, 0) is 14.3 Å². The molecule has 0 aromatic heterocycles. The molecule has 0 aromatic rings. The number of rotatable bonds is 11. The van der Waals surface area contributed by atoms with Gasteiger partial charge in [-0.3, -0.25) is 0 Å². The maximum Gasteiger partial charge on any atom is 0.407 e. The van der Waals surface area contributed by atoms with Crippen molar-refractivity contribution in [3.63, 3.8) is 0 Å². The number of esters is 1. The van der Waals surface area contributed by atoms with Crippen LogP contribution in [0.2, 0.25) is 0 Å². The second kappa shape index (κ2) is 12.5. The van der Waals surface area contributed by atoms with Gasteiger partial charge in [-0.15, -0.1) is 0 Å². The lowest BCUT2D eigenvalue weighted by atomic mass is 10.1. The van der Waals surface area contributed by atoms with Crippen molar-refractivity contribution in [2.75, 3.05) is 13.2 Å². The summed E-state index contributed by atoms with van der Waals surface area (Å²) in [5, 5.41) is 2.59. The van der Waals surface area contributed by atoms with Crippen LogP contribution in [0.15, 0.2) is 0 Å². The van der Waals surface area contributed by atoms with Gasteiger partial charge in [0, 0.05) is 0 Å². The maximum absolute atomic E-state index is 12.0. The van der Waals surface area contributed by atoms with Crippen LogP contribution in [0.25, 0.3) is 0 Å². The summed E-state index contributed by atoms with van der Waals surface area (Å²) in [6, 6.07) is -0.648. The number of hydrogen-bond acceptors (Lipinski definition) is 4. The van der Waals surface area contributed by atoms with Crippen LogP contribution < -0.4 is 5.32 Å². The summed E-state index contributed by atoms with van der Waals surface area (Å²) in [4.78, 5) is 23.6. The largest absolute Gasteiger partial charge is 0.464 e. The predicted octanol–water partition coefficient (Wildman–Crippen LogP) is 3.66. The molecule has 0 saturated carbocycles. The molecule has 21 heavy (non-hydrogen) atoms. The Kier molecular flexibility index (Phi) is 11.7. The molecule has 5 nitrogen and oxygen atoms in total. The number of hydrogen-bond donors (Lipinski definition) is 1. The Morgan fingerprint density at radius 2 is 1.52 bits per heavy atom. The molecule has 124 valence electrons. The first-order chi connectivity index (χ1) is 10.0. The molecule has 0 saturated heterocycles. The fourth-order valence-corrected chi connectivity index (χ4v) is 1.77. The molecule has 1 atom stereocenters. The smallest absolute Gasteiger partial charge is 0.407 e. The molecule has 0 aromatic carbocycles. The number of ether oxygens (including phenoxy) is 2. The minimum atomic E-state index is -0.648. The molecule has 0 heterocycles. The van der Waals surface area contributed by atoms with Gasteiger partial charge in [-0.2, -0.15) is 0 Å². The van der Waals surface area contributed by atoms with Crippen LogP contribution in [0.3, 0.4) is 0 Å². The van der Waals surface area contributed by atoms with Gasteiger partial charge in [0.1, 0.15) is 6.04 Å². The number of nitrogens with one attached hydrogen (secondary N) is 1. The zero-order chi connectivity index (χ0) is 16.1. The highest BCUT2D eigenvalue weighted by Gasteiger charge is 2.26. The first-order valence-corrected chi connectivity index (χ1v) is 8.12. The van der Waals surface area contributed by atoms with Gasteiger partial charge < -0.3 is 14.8 Å². The molecular weight excluding hydrogens is 270 g/mol. The Morgan fingerprint density at radius 1 is 0.905 bits per heavy atom. The Morgan fingerprint density at radius 3 is 2.10 bits per heavy atom. The van der Waals surface area contributed by atoms with E-state index in [-0.39, 0.29) is 11.9 Å². The molecule has 0 aliphatic heterocycles. The van der Waals surface area contributed by atoms with E-state index in [0.29, 0.717) is 13.2 Å². The van der Waals surface area contributed by atoms with E-state index in [1.54, 1.807) is 0 Å². The minimum absolute atomic E-state index is 0.0353. The van der Waals surface area contributed by atoms with E-state index in [1.807, 2.05) is 20.8 Å². The summed E-state index contributed by atoms with van der Waals surface area (Å²) in [7, 11) is 0. The molecule has 1 N–H and O–H groups in total. The maximum atomic E-state index is 12.0. The van der Waals surface area contributed by atoms with Crippen LogP contribution in [0, 0.1) is 5.92 Å². The molecule has 0 radical (unpaired) electrons. The van der Waals surface area contributed by atoms with Crippen molar-refractivity contribution in [1.29, 1.82) is 0 Å². The van der Waals surface area contributed by atoms with Gasteiger partial charge in [-0.25, -0.2) is 9.59 Å². The highest BCUT2D eigenvalue weighted by atomic mass is 16.6. The van der Waals surface area contributed by atoms with E-state index in [4.69, 9.17) is 9.47 Å². The lowest BCUT2D eigenvalue weighted by molar-refractivity contribution is -0.147. The average Bonchev–Trinajstić information content (AvgIpc) is 2.44. The second-order valence-electron chi connectivity index (χ2n) is 5.58. The Hall–Kier alpha value is -1.26. The lowest BCUT2D eigenvalue weighted by Gasteiger charge is -2.20. The predicted molar refractivity (Wildman–Crippen MR) is 83.1 cm³/mol. The van der Waals surface area contributed by atoms with Gasteiger partial charge in [0.25, 0.3) is 0 Å². The van der Waals surface area contributed by atoms with E-state index in [1.165, 1.54) is 0 Å². The van der Waals surface area contributed by atoms with E-state index in [0.717, 1.165) is 38.5 Å². The summed E-state index contributed by atoms with van der Waals surface area (Å²) in [6.45, 7) is 8.68. The normalized spacial score (nSPS) is 12.0. The van der Waals surface area contributed by atoms with Crippen LogP contribution in [0.1, 0.15) is 66.2 Å². The van der Waals surface area contributed by atoms with Crippen LogP contribution in [0.5, 0.6) is 0 Å². The highest BCUT2D eigenvalue weighted by Crippen LogP contribution is 2.06. The molecule has 0 spiro atoms. The third kappa shape index (κ3) is 10.2. The number of carbonyl (C=O) groups excluding carboxylic acids is 2. The van der Waals surface area contributed by atoms with Gasteiger partial charge in [-0.05, 0) is 18.8 Å². The first kappa shape index (κ1) is 19.7. The van der Waals surface area contributed by atoms with Crippen molar-refractivity contribution in [2.45, 2.75) is 72.3 Å². The molecule has 5 heteroatoms. The van der Waals surface area contributed by atoms with Crippen molar-refractivity contribution < 1.29 is 19.1 Å². The van der Waals surface area contributed by atoms with Crippen LogP contribution >= 0.6 is 0 Å². The lowest BCUT2D eigenvalue weighted by Crippen LogP contribution is -2.45. The molecular formula is C16H31NO4. The molecule has 0 aliphatic carbocycles. The fourth-order valence-electron chi connectivity index (χ4n) is 1.77. The third-order valence-electron chi connectivity index (χ3n) is 3.17. The number of unbranched alkanes of at least 4 members (excludes halogenated alkanes) is 4. The zero-order valence-corrected chi connectivity index (χ0v) is 13.9. The van der Waals surface area contributed by atoms with Crippen molar-refractivity contribution in [2.24, 2.45) is 5.92 Å². The van der Waals surface area contributed by atoms with Crippen molar-refractivity contribution in [1.82, 2.24) is 5.32 Å². The minimum Gasteiger partial charge on any atom is -0.464 e. The molecule has 1 unspecified atom stereocenters. The summed E-state index contributed by atoms with van der Waals surface area (Å²) in [5.41, 5.74) is 0. The van der Waals surface area contributed by atoms with Crippen molar-refractivity contribution in [3.05, 3.63) is 0 Å². The molecule has 1 amide bonds. The monoisotopic (exact) mass is 301 g/mol. The average molecular weight is 301 g/mol. The first-order valence-electron chi connectivity index (χ1n) is 8.12. The van der Waals surface area contributed by atoms with Crippen LogP contribution in [0.4, 0.5) is 4.79 Å². The second-order valence-corrected chi connectivity index (χ2v) is 5.58. The number of amides is 1. The molecule has 0 fully saturated rings. The van der Waals surface area contributed by atoms with Gasteiger partial charge in [0.05, 0.1) is 13.2 Å². The van der Waals surface area contributed by atoms with Gasteiger partial charge in [0.2, 0.25) is 0 Å². The summed E-state index contributed by atoms with van der Waals surface area (Å²) < 4.78 is 10.2. The van der Waals surface area contributed by atoms with Gasteiger partial charge >= 0.3 is 12.1 Å². The third-order valence-corrected chi connectivity index (χ3v) is 3.17. The van der Waals surface area contributed by atoms with Crippen LogP contribution in [-0.4, -0.2) is 31.3 Å². The van der Waals surface area contributed by atoms with Crippen molar-refractivity contribution >= 4 is 12.1 Å². The van der Waals surface area contributed by atoms with E-state index >= 15 is 0 Å². The van der Waals surface area contributed by atoms with E-state index in [9.17, 15) is 9.59 Å². The topological polar surface area (TPSA) is 64.6 Å². The Bertz CT molecular complexity index is 292. The summed E-state index contributed by atoms with van der Waals surface area (Å²) in [5.74, 6) is -0.416. The standard InChI is InChI=1S/C16H31NO4/c1-5-7-9-10-12-20-15(18)14(13(3)4)17-16(19)21-11-8-6-2/h13-14H,5-12H2,1-4H3,(H,17,19). The number of carbonyl (C=O) groups is 2. The molecule has 0 rings (SSSR count). The van der Waals surface area contributed by atoms with E-state index in [2.05, 4.69) is 12.2 Å². The van der Waals surface area contributed by atoms with E-state index < -0.39 is 12.1 Å².